The second kappa shape index (κ2) is 5.08. The number of halogens is 1. The van der Waals surface area contributed by atoms with E-state index in [1.165, 1.54) is 23.3 Å². The van der Waals surface area contributed by atoms with E-state index < -0.39 is 0 Å². The minimum Gasteiger partial charge on any atom is -0.332 e. The van der Waals surface area contributed by atoms with Crippen LogP contribution in [0.3, 0.4) is 0 Å². The van der Waals surface area contributed by atoms with E-state index in [1.54, 1.807) is 12.1 Å². The van der Waals surface area contributed by atoms with E-state index >= 15 is 0 Å². The minimum absolute atomic E-state index is 0.0352. The molecule has 2 aromatic carbocycles. The van der Waals surface area contributed by atoms with Crippen molar-refractivity contribution in [2.45, 2.75) is 19.4 Å². The summed E-state index contributed by atoms with van der Waals surface area (Å²) in [6.07, 6.45) is 0.869. The predicted molar refractivity (Wildman–Crippen MR) is 76.0 cm³/mol. The Morgan fingerprint density at radius 2 is 1.85 bits per heavy atom. The van der Waals surface area contributed by atoms with Gasteiger partial charge in [-0.1, -0.05) is 24.3 Å². The molecule has 2 nitrogen and oxygen atoms in total. The number of fused-ring (bicyclic) bond motifs is 1. The van der Waals surface area contributed by atoms with Gasteiger partial charge in [0.05, 0.1) is 6.04 Å². The van der Waals surface area contributed by atoms with Crippen molar-refractivity contribution in [1.29, 1.82) is 0 Å². The third-order valence-electron chi connectivity index (χ3n) is 3.95. The highest BCUT2D eigenvalue weighted by molar-refractivity contribution is 5.94. The Bertz CT molecular complexity index is 636. The Labute approximate surface area is 117 Å². The van der Waals surface area contributed by atoms with E-state index in [4.69, 9.17) is 0 Å². The Hall–Kier alpha value is -2.16. The molecule has 0 saturated carbocycles. The smallest absolute Gasteiger partial charge is 0.254 e. The molecule has 102 valence electrons. The molecule has 0 N–H and O–H groups in total. The second-order valence-corrected chi connectivity index (χ2v) is 5.13. The first-order valence-electron chi connectivity index (χ1n) is 6.81. The topological polar surface area (TPSA) is 20.3 Å². The fraction of sp³-hybridized carbons (Fsp3) is 0.235. The van der Waals surface area contributed by atoms with Crippen LogP contribution in [0.4, 0.5) is 4.39 Å². The highest BCUT2D eigenvalue weighted by Gasteiger charge is 2.27. The molecule has 0 bridgehead atoms. The molecule has 1 aliphatic rings. The number of amides is 1. The zero-order valence-electron chi connectivity index (χ0n) is 11.3. The first-order chi connectivity index (χ1) is 9.66. The molecule has 0 aliphatic carbocycles. The van der Waals surface area contributed by atoms with Crippen molar-refractivity contribution < 1.29 is 9.18 Å². The van der Waals surface area contributed by atoms with E-state index in [0.717, 1.165) is 6.42 Å². The zero-order chi connectivity index (χ0) is 14.1. The van der Waals surface area contributed by atoms with Crippen LogP contribution in [-0.2, 0) is 6.42 Å². The molecule has 0 aromatic heterocycles. The molecule has 3 rings (SSSR count). The van der Waals surface area contributed by atoms with Gasteiger partial charge in [-0.25, -0.2) is 4.39 Å². The van der Waals surface area contributed by atoms with Crippen LogP contribution in [0.2, 0.25) is 0 Å². The van der Waals surface area contributed by atoms with Crippen LogP contribution in [0.15, 0.2) is 48.5 Å². The lowest BCUT2D eigenvalue weighted by atomic mass is 9.93. The minimum atomic E-state index is -0.321. The Balaban J connectivity index is 1.89. The van der Waals surface area contributed by atoms with E-state index in [9.17, 15) is 9.18 Å². The third-order valence-corrected chi connectivity index (χ3v) is 3.95. The number of hydrogen-bond donors (Lipinski definition) is 0. The molecular formula is C17H16FNO. The van der Waals surface area contributed by atoms with Gasteiger partial charge in [0.25, 0.3) is 5.91 Å². The molecular weight excluding hydrogens is 253 g/mol. The SMILES string of the molecule is CC1c2ccccc2CCN1C(=O)c1ccc(F)cc1. The fourth-order valence-corrected chi connectivity index (χ4v) is 2.81. The summed E-state index contributed by atoms with van der Waals surface area (Å²) in [6.45, 7) is 2.74. The molecule has 0 spiro atoms. The van der Waals surface area contributed by atoms with Crippen LogP contribution < -0.4 is 0 Å². The molecule has 1 atom stereocenters. The van der Waals surface area contributed by atoms with Crippen molar-refractivity contribution in [3.8, 4) is 0 Å². The van der Waals surface area contributed by atoms with Crippen LogP contribution in [-0.4, -0.2) is 17.4 Å². The van der Waals surface area contributed by atoms with Crippen molar-refractivity contribution in [3.05, 3.63) is 71.0 Å². The molecule has 3 heteroatoms. The van der Waals surface area contributed by atoms with Gasteiger partial charge in [0.2, 0.25) is 0 Å². The van der Waals surface area contributed by atoms with Gasteiger partial charge in [-0.3, -0.25) is 4.79 Å². The molecule has 2 aromatic rings. The molecule has 0 fully saturated rings. The predicted octanol–water partition coefficient (Wildman–Crippen LogP) is 3.59. The summed E-state index contributed by atoms with van der Waals surface area (Å²) in [5, 5.41) is 0. The van der Waals surface area contributed by atoms with Crippen LogP contribution in [0.1, 0.15) is 34.5 Å². The first kappa shape index (κ1) is 12.9. The van der Waals surface area contributed by atoms with Crippen molar-refractivity contribution in [2.75, 3.05) is 6.54 Å². The third kappa shape index (κ3) is 2.20. The van der Waals surface area contributed by atoms with Gasteiger partial charge in [0.1, 0.15) is 5.82 Å². The highest BCUT2D eigenvalue weighted by Crippen LogP contribution is 2.30. The second-order valence-electron chi connectivity index (χ2n) is 5.13. The molecule has 1 unspecified atom stereocenters. The lowest BCUT2D eigenvalue weighted by molar-refractivity contribution is 0.0677. The zero-order valence-corrected chi connectivity index (χ0v) is 11.3. The molecule has 1 amide bonds. The Kier molecular flexibility index (Phi) is 3.26. The maximum Gasteiger partial charge on any atom is 0.254 e. The van der Waals surface area contributed by atoms with Gasteiger partial charge in [0.15, 0.2) is 0 Å². The van der Waals surface area contributed by atoms with Crippen molar-refractivity contribution >= 4 is 5.91 Å². The van der Waals surface area contributed by atoms with Crippen LogP contribution in [0, 0.1) is 5.82 Å². The maximum atomic E-state index is 12.9. The summed E-state index contributed by atoms with van der Waals surface area (Å²) in [6, 6.07) is 14.0. The number of nitrogens with zero attached hydrogens (tertiary/aromatic N) is 1. The normalized spacial score (nSPS) is 17.7. The highest BCUT2D eigenvalue weighted by atomic mass is 19.1. The van der Waals surface area contributed by atoms with Crippen molar-refractivity contribution in [1.82, 2.24) is 4.90 Å². The largest absolute Gasteiger partial charge is 0.332 e. The number of carbonyl (C=O) groups excluding carboxylic acids is 1. The Morgan fingerprint density at radius 1 is 1.15 bits per heavy atom. The monoisotopic (exact) mass is 269 g/mol. The fourth-order valence-electron chi connectivity index (χ4n) is 2.81. The number of hydrogen-bond acceptors (Lipinski definition) is 1. The van der Waals surface area contributed by atoms with Gasteiger partial charge in [-0.05, 0) is 48.7 Å². The average Bonchev–Trinajstić information content (AvgIpc) is 2.48. The maximum absolute atomic E-state index is 12.9. The van der Waals surface area contributed by atoms with Crippen LogP contribution in [0.5, 0.6) is 0 Å². The van der Waals surface area contributed by atoms with Crippen LogP contribution >= 0.6 is 0 Å². The first-order valence-corrected chi connectivity index (χ1v) is 6.81. The van der Waals surface area contributed by atoms with E-state index in [2.05, 4.69) is 12.1 Å². The summed E-state index contributed by atoms with van der Waals surface area (Å²) in [5.41, 5.74) is 3.05. The summed E-state index contributed by atoms with van der Waals surface area (Å²) in [4.78, 5) is 14.4. The van der Waals surface area contributed by atoms with Gasteiger partial charge < -0.3 is 4.90 Å². The summed E-state index contributed by atoms with van der Waals surface area (Å²) in [5.74, 6) is -0.356. The number of rotatable bonds is 1. The number of benzene rings is 2. The molecule has 1 heterocycles. The quantitative estimate of drug-likeness (QED) is 0.774. The van der Waals surface area contributed by atoms with Crippen molar-refractivity contribution in [2.24, 2.45) is 0 Å². The summed E-state index contributed by atoms with van der Waals surface area (Å²) >= 11 is 0. The summed E-state index contributed by atoms with van der Waals surface area (Å²) < 4.78 is 12.9. The van der Waals surface area contributed by atoms with E-state index in [1.807, 2.05) is 24.0 Å². The molecule has 0 saturated heterocycles. The van der Waals surface area contributed by atoms with E-state index in [0.29, 0.717) is 12.1 Å². The molecule has 0 radical (unpaired) electrons. The average molecular weight is 269 g/mol. The standard InChI is InChI=1S/C17H16FNO/c1-12-16-5-3-2-4-13(16)10-11-19(12)17(20)14-6-8-15(18)9-7-14/h2-9,12H,10-11H2,1H3. The number of carbonyl (C=O) groups is 1. The van der Waals surface area contributed by atoms with Crippen LogP contribution in [0.25, 0.3) is 0 Å². The van der Waals surface area contributed by atoms with Gasteiger partial charge >= 0.3 is 0 Å². The van der Waals surface area contributed by atoms with Gasteiger partial charge in [-0.2, -0.15) is 0 Å². The van der Waals surface area contributed by atoms with E-state index in [-0.39, 0.29) is 17.8 Å². The summed E-state index contributed by atoms with van der Waals surface area (Å²) in [7, 11) is 0. The van der Waals surface area contributed by atoms with Gasteiger partial charge in [0, 0.05) is 12.1 Å². The molecule has 1 aliphatic heterocycles. The Morgan fingerprint density at radius 3 is 2.60 bits per heavy atom. The van der Waals surface area contributed by atoms with Gasteiger partial charge in [-0.15, -0.1) is 0 Å². The lowest BCUT2D eigenvalue weighted by Crippen LogP contribution is -2.38. The molecule has 20 heavy (non-hydrogen) atoms. The van der Waals surface area contributed by atoms with Crippen molar-refractivity contribution in [3.63, 3.8) is 0 Å². The lowest BCUT2D eigenvalue weighted by Gasteiger charge is -2.35.